The van der Waals surface area contributed by atoms with Crippen LogP contribution in [0.25, 0.3) is 0 Å². The Morgan fingerprint density at radius 1 is 0.944 bits per heavy atom. The van der Waals surface area contributed by atoms with Gasteiger partial charge in [-0.1, -0.05) is 35.3 Å². The SMILES string of the molecule is C[C@@H](O)c1ccc(Oc2ccc(Cl)c(Cl)c2)cc1. The molecule has 94 valence electrons. The Kier molecular flexibility index (Phi) is 4.12. The second kappa shape index (κ2) is 5.61. The van der Waals surface area contributed by atoms with Gasteiger partial charge in [-0.3, -0.25) is 0 Å². The average Bonchev–Trinajstić information content (AvgIpc) is 2.34. The van der Waals surface area contributed by atoms with Gasteiger partial charge in [-0.05, 0) is 36.8 Å². The Bertz CT molecular complexity index is 536. The fourth-order valence-corrected chi connectivity index (χ4v) is 1.78. The van der Waals surface area contributed by atoms with Crippen LogP contribution in [0.1, 0.15) is 18.6 Å². The molecule has 18 heavy (non-hydrogen) atoms. The van der Waals surface area contributed by atoms with Crippen molar-refractivity contribution in [2.45, 2.75) is 13.0 Å². The molecule has 0 amide bonds. The molecule has 0 heterocycles. The Morgan fingerprint density at radius 3 is 2.11 bits per heavy atom. The summed E-state index contributed by atoms with van der Waals surface area (Å²) >= 11 is 11.7. The molecule has 0 aliphatic heterocycles. The van der Waals surface area contributed by atoms with Gasteiger partial charge >= 0.3 is 0 Å². The summed E-state index contributed by atoms with van der Waals surface area (Å²) in [5.74, 6) is 1.30. The lowest BCUT2D eigenvalue weighted by molar-refractivity contribution is 0.199. The summed E-state index contributed by atoms with van der Waals surface area (Å²) in [4.78, 5) is 0. The zero-order chi connectivity index (χ0) is 13.1. The molecule has 2 rings (SSSR count). The third kappa shape index (κ3) is 3.16. The zero-order valence-electron chi connectivity index (χ0n) is 9.73. The van der Waals surface area contributed by atoms with Crippen molar-refractivity contribution in [3.05, 3.63) is 58.1 Å². The first-order valence-electron chi connectivity index (χ1n) is 5.47. The van der Waals surface area contributed by atoms with Gasteiger partial charge in [-0.25, -0.2) is 0 Å². The highest BCUT2D eigenvalue weighted by Gasteiger charge is 2.03. The maximum Gasteiger partial charge on any atom is 0.129 e. The van der Waals surface area contributed by atoms with Crippen molar-refractivity contribution in [1.82, 2.24) is 0 Å². The first kappa shape index (κ1) is 13.2. The Hall–Kier alpha value is -1.22. The van der Waals surface area contributed by atoms with Gasteiger partial charge in [-0.15, -0.1) is 0 Å². The van der Waals surface area contributed by atoms with Crippen LogP contribution in [-0.2, 0) is 0 Å². The third-order valence-electron chi connectivity index (χ3n) is 2.49. The van der Waals surface area contributed by atoms with Crippen molar-refractivity contribution >= 4 is 23.2 Å². The van der Waals surface area contributed by atoms with Gasteiger partial charge in [0.05, 0.1) is 16.1 Å². The summed E-state index contributed by atoms with van der Waals surface area (Å²) in [6.45, 7) is 1.72. The van der Waals surface area contributed by atoms with E-state index in [-0.39, 0.29) is 0 Å². The largest absolute Gasteiger partial charge is 0.457 e. The first-order chi connectivity index (χ1) is 8.56. The molecule has 1 atom stereocenters. The summed E-state index contributed by atoms with van der Waals surface area (Å²) in [5.41, 5.74) is 0.844. The summed E-state index contributed by atoms with van der Waals surface area (Å²) in [6, 6.07) is 12.3. The second-order valence-electron chi connectivity index (χ2n) is 3.92. The molecule has 2 nitrogen and oxygen atoms in total. The van der Waals surface area contributed by atoms with E-state index in [4.69, 9.17) is 27.9 Å². The molecule has 0 saturated carbocycles. The third-order valence-corrected chi connectivity index (χ3v) is 3.23. The highest BCUT2D eigenvalue weighted by atomic mass is 35.5. The van der Waals surface area contributed by atoms with Gasteiger partial charge in [-0.2, -0.15) is 0 Å². The fourth-order valence-electron chi connectivity index (χ4n) is 1.49. The Balaban J connectivity index is 2.15. The average molecular weight is 283 g/mol. The zero-order valence-corrected chi connectivity index (χ0v) is 11.2. The molecule has 0 spiro atoms. The van der Waals surface area contributed by atoms with Gasteiger partial charge in [0.15, 0.2) is 0 Å². The lowest BCUT2D eigenvalue weighted by Crippen LogP contribution is -1.90. The minimum atomic E-state index is -0.482. The van der Waals surface area contributed by atoms with Crippen LogP contribution >= 0.6 is 23.2 Å². The van der Waals surface area contributed by atoms with Crippen LogP contribution in [0.2, 0.25) is 10.0 Å². The predicted molar refractivity (Wildman–Crippen MR) is 73.6 cm³/mol. The standard InChI is InChI=1S/C14H12Cl2O2/c1-9(17)10-2-4-11(5-3-10)18-12-6-7-13(15)14(16)8-12/h2-9,17H,1H3/t9-/m1/s1. The number of hydrogen-bond acceptors (Lipinski definition) is 2. The molecule has 0 aliphatic rings. The quantitative estimate of drug-likeness (QED) is 0.873. The predicted octanol–water partition coefficient (Wildman–Crippen LogP) is 4.84. The van der Waals surface area contributed by atoms with Crippen molar-refractivity contribution in [2.75, 3.05) is 0 Å². The lowest BCUT2D eigenvalue weighted by Gasteiger charge is -2.08. The van der Waals surface area contributed by atoms with Crippen LogP contribution in [0.3, 0.4) is 0 Å². The summed E-state index contributed by atoms with van der Waals surface area (Å²) in [6.07, 6.45) is -0.482. The Labute approximate surface area is 116 Å². The van der Waals surface area contributed by atoms with E-state index >= 15 is 0 Å². The van der Waals surface area contributed by atoms with Gasteiger partial charge in [0.25, 0.3) is 0 Å². The van der Waals surface area contributed by atoms with Gasteiger partial charge in [0, 0.05) is 6.07 Å². The molecular formula is C14H12Cl2O2. The van der Waals surface area contributed by atoms with E-state index in [1.54, 1.807) is 37.3 Å². The normalized spacial score (nSPS) is 12.2. The molecule has 0 bridgehead atoms. The highest BCUT2D eigenvalue weighted by Crippen LogP contribution is 2.29. The molecule has 0 saturated heterocycles. The smallest absolute Gasteiger partial charge is 0.129 e. The van der Waals surface area contributed by atoms with E-state index in [2.05, 4.69) is 0 Å². The van der Waals surface area contributed by atoms with Crippen molar-refractivity contribution in [3.8, 4) is 11.5 Å². The van der Waals surface area contributed by atoms with Crippen LogP contribution in [0.4, 0.5) is 0 Å². The van der Waals surface area contributed by atoms with Crippen molar-refractivity contribution in [2.24, 2.45) is 0 Å². The van der Waals surface area contributed by atoms with E-state index < -0.39 is 6.10 Å². The number of hydrogen-bond donors (Lipinski definition) is 1. The number of aliphatic hydroxyl groups is 1. The number of ether oxygens (including phenoxy) is 1. The monoisotopic (exact) mass is 282 g/mol. The summed E-state index contributed by atoms with van der Waals surface area (Å²) < 4.78 is 5.62. The number of rotatable bonds is 3. The van der Waals surface area contributed by atoms with Crippen molar-refractivity contribution in [1.29, 1.82) is 0 Å². The molecule has 0 aromatic heterocycles. The molecule has 1 N–H and O–H groups in total. The van der Waals surface area contributed by atoms with Crippen LogP contribution in [0.5, 0.6) is 11.5 Å². The maximum absolute atomic E-state index is 9.40. The minimum Gasteiger partial charge on any atom is -0.457 e. The van der Waals surface area contributed by atoms with Crippen LogP contribution in [0, 0.1) is 0 Å². The number of aliphatic hydroxyl groups excluding tert-OH is 1. The molecule has 4 heteroatoms. The van der Waals surface area contributed by atoms with Crippen LogP contribution < -0.4 is 4.74 Å². The van der Waals surface area contributed by atoms with Crippen molar-refractivity contribution in [3.63, 3.8) is 0 Å². The summed E-state index contributed by atoms with van der Waals surface area (Å²) in [5, 5.41) is 10.3. The fraction of sp³-hybridized carbons (Fsp3) is 0.143. The molecule has 2 aromatic carbocycles. The van der Waals surface area contributed by atoms with E-state index in [1.165, 1.54) is 0 Å². The van der Waals surface area contributed by atoms with Gasteiger partial charge in [0.2, 0.25) is 0 Å². The molecule has 0 fully saturated rings. The Morgan fingerprint density at radius 2 is 1.56 bits per heavy atom. The number of halogens is 2. The van der Waals surface area contributed by atoms with E-state index in [0.29, 0.717) is 21.5 Å². The molecule has 0 radical (unpaired) electrons. The van der Waals surface area contributed by atoms with Crippen LogP contribution in [-0.4, -0.2) is 5.11 Å². The molecular weight excluding hydrogens is 271 g/mol. The van der Waals surface area contributed by atoms with E-state index in [0.717, 1.165) is 5.56 Å². The minimum absolute atomic E-state index is 0.453. The first-order valence-corrected chi connectivity index (χ1v) is 6.23. The van der Waals surface area contributed by atoms with E-state index in [9.17, 15) is 5.11 Å². The molecule has 0 unspecified atom stereocenters. The van der Waals surface area contributed by atoms with Crippen LogP contribution in [0.15, 0.2) is 42.5 Å². The maximum atomic E-state index is 9.40. The lowest BCUT2D eigenvalue weighted by atomic mass is 10.1. The topological polar surface area (TPSA) is 29.5 Å². The van der Waals surface area contributed by atoms with E-state index in [1.807, 2.05) is 12.1 Å². The second-order valence-corrected chi connectivity index (χ2v) is 4.74. The van der Waals surface area contributed by atoms with Gasteiger partial charge in [0.1, 0.15) is 11.5 Å². The number of benzene rings is 2. The van der Waals surface area contributed by atoms with Gasteiger partial charge < -0.3 is 9.84 Å². The highest BCUT2D eigenvalue weighted by molar-refractivity contribution is 6.42. The molecule has 0 aliphatic carbocycles. The van der Waals surface area contributed by atoms with Crippen molar-refractivity contribution < 1.29 is 9.84 Å². The molecule has 2 aromatic rings. The summed E-state index contributed by atoms with van der Waals surface area (Å²) in [7, 11) is 0.